The molecular weight excluding hydrogens is 246 g/mol. The Kier molecular flexibility index (Phi) is 4.69. The first-order valence-electron chi connectivity index (χ1n) is 6.24. The molecule has 0 aliphatic carbocycles. The van der Waals surface area contributed by atoms with Gasteiger partial charge in [-0.15, -0.1) is 0 Å². The third-order valence-corrected chi connectivity index (χ3v) is 2.79. The van der Waals surface area contributed by atoms with Crippen LogP contribution in [0.2, 0.25) is 0 Å². The Bertz CT molecular complexity index is 503. The van der Waals surface area contributed by atoms with Crippen LogP contribution in [0.5, 0.6) is 0 Å². The summed E-state index contributed by atoms with van der Waals surface area (Å²) in [5.41, 5.74) is -0.468. The van der Waals surface area contributed by atoms with Gasteiger partial charge in [-0.2, -0.15) is 0 Å². The van der Waals surface area contributed by atoms with E-state index in [1.165, 1.54) is 0 Å². The van der Waals surface area contributed by atoms with Gasteiger partial charge in [-0.05, 0) is 27.2 Å². The van der Waals surface area contributed by atoms with E-state index in [0.717, 1.165) is 0 Å². The molecule has 0 aromatic carbocycles. The second-order valence-corrected chi connectivity index (χ2v) is 5.52. The van der Waals surface area contributed by atoms with Crippen LogP contribution in [0, 0.1) is 0 Å². The highest BCUT2D eigenvalue weighted by Gasteiger charge is 2.18. The molecule has 1 aromatic rings. The summed E-state index contributed by atoms with van der Waals surface area (Å²) < 4.78 is 1.63. The van der Waals surface area contributed by atoms with Crippen LogP contribution >= 0.6 is 0 Å². The Hall–Kier alpha value is -1.85. The third kappa shape index (κ3) is 4.08. The second kappa shape index (κ2) is 5.86. The van der Waals surface area contributed by atoms with Gasteiger partial charge in [0, 0.05) is 37.9 Å². The average Bonchev–Trinajstić information content (AvgIpc) is 2.26. The highest BCUT2D eigenvalue weighted by molar-refractivity contribution is 5.66. The van der Waals surface area contributed by atoms with Gasteiger partial charge < -0.3 is 14.6 Å². The lowest BCUT2D eigenvalue weighted by Gasteiger charge is -2.24. The third-order valence-electron chi connectivity index (χ3n) is 2.79. The van der Waals surface area contributed by atoms with Crippen molar-refractivity contribution >= 4 is 11.8 Å². The molecule has 0 radical (unpaired) electrons. The fourth-order valence-corrected chi connectivity index (χ4v) is 1.76. The molecule has 1 aromatic heterocycles. The lowest BCUT2D eigenvalue weighted by molar-refractivity contribution is -0.137. The number of carboxylic acids is 1. The van der Waals surface area contributed by atoms with E-state index >= 15 is 0 Å². The maximum atomic E-state index is 12.3. The van der Waals surface area contributed by atoms with Crippen molar-refractivity contribution in [3.8, 4) is 0 Å². The first-order chi connectivity index (χ1) is 8.73. The van der Waals surface area contributed by atoms with Gasteiger partial charge in [0.25, 0.3) is 5.56 Å². The van der Waals surface area contributed by atoms with Crippen molar-refractivity contribution in [2.24, 2.45) is 0 Å². The molecule has 19 heavy (non-hydrogen) atoms. The quantitative estimate of drug-likeness (QED) is 0.870. The molecule has 106 valence electrons. The fourth-order valence-electron chi connectivity index (χ4n) is 1.76. The molecular formula is C13H21N3O3. The number of nitrogens with zero attached hydrogens (tertiary/aromatic N) is 3. The molecule has 1 heterocycles. The Morgan fingerprint density at radius 3 is 2.63 bits per heavy atom. The summed E-state index contributed by atoms with van der Waals surface area (Å²) in [4.78, 5) is 28.6. The Morgan fingerprint density at radius 1 is 1.47 bits per heavy atom. The van der Waals surface area contributed by atoms with E-state index in [4.69, 9.17) is 5.11 Å². The standard InChI is InChI=1S/C13H21N3O3/c1-13(2,3)16-9-7-14-11(12(16)19)15(4)8-5-6-10(17)18/h7,9H,5-6,8H2,1-4H3,(H,17,18). The van der Waals surface area contributed by atoms with Gasteiger partial charge >= 0.3 is 5.97 Å². The predicted molar refractivity (Wildman–Crippen MR) is 73.6 cm³/mol. The highest BCUT2D eigenvalue weighted by Crippen LogP contribution is 2.12. The van der Waals surface area contributed by atoms with Crippen LogP contribution in [0.15, 0.2) is 17.2 Å². The van der Waals surface area contributed by atoms with Gasteiger partial charge in [0.05, 0.1) is 0 Å². The number of carbonyl (C=O) groups is 1. The van der Waals surface area contributed by atoms with Gasteiger partial charge in [0.15, 0.2) is 5.82 Å². The van der Waals surface area contributed by atoms with Crippen molar-refractivity contribution in [1.82, 2.24) is 9.55 Å². The zero-order valence-corrected chi connectivity index (χ0v) is 11.9. The molecule has 0 bridgehead atoms. The maximum Gasteiger partial charge on any atom is 0.303 e. The molecule has 0 spiro atoms. The fraction of sp³-hybridized carbons (Fsp3) is 0.615. The number of hydrogen-bond acceptors (Lipinski definition) is 4. The minimum absolute atomic E-state index is 0.0879. The molecule has 1 rings (SSSR count). The molecule has 0 saturated carbocycles. The molecule has 0 aliphatic rings. The smallest absolute Gasteiger partial charge is 0.303 e. The van der Waals surface area contributed by atoms with Crippen molar-refractivity contribution in [1.29, 1.82) is 0 Å². The maximum absolute atomic E-state index is 12.3. The van der Waals surface area contributed by atoms with E-state index in [0.29, 0.717) is 18.8 Å². The molecule has 1 N–H and O–H groups in total. The molecule has 6 heteroatoms. The first-order valence-corrected chi connectivity index (χ1v) is 6.24. The Balaban J connectivity index is 2.90. The normalized spacial score (nSPS) is 11.4. The van der Waals surface area contributed by atoms with E-state index in [2.05, 4.69) is 4.98 Å². The van der Waals surface area contributed by atoms with Crippen LogP contribution in [0.4, 0.5) is 5.82 Å². The summed E-state index contributed by atoms with van der Waals surface area (Å²) in [5.74, 6) is -0.482. The van der Waals surface area contributed by atoms with Crippen LogP contribution in [-0.2, 0) is 10.3 Å². The molecule has 6 nitrogen and oxygen atoms in total. The molecule has 0 saturated heterocycles. The van der Waals surface area contributed by atoms with E-state index in [9.17, 15) is 9.59 Å². The van der Waals surface area contributed by atoms with Gasteiger partial charge in [0.1, 0.15) is 0 Å². The molecule has 0 fully saturated rings. The van der Waals surface area contributed by atoms with Crippen LogP contribution in [0.25, 0.3) is 0 Å². The van der Waals surface area contributed by atoms with Crippen LogP contribution in [0.1, 0.15) is 33.6 Å². The zero-order chi connectivity index (χ0) is 14.6. The summed E-state index contributed by atoms with van der Waals surface area (Å²) >= 11 is 0. The molecule has 0 aliphatic heterocycles. The van der Waals surface area contributed by atoms with Crippen molar-refractivity contribution in [3.05, 3.63) is 22.7 Å². The van der Waals surface area contributed by atoms with Gasteiger partial charge in [0.2, 0.25) is 0 Å². The Labute approximate surface area is 112 Å². The van der Waals surface area contributed by atoms with E-state index in [1.54, 1.807) is 28.9 Å². The molecule has 0 amide bonds. The van der Waals surface area contributed by atoms with Crippen molar-refractivity contribution in [3.63, 3.8) is 0 Å². The summed E-state index contributed by atoms with van der Waals surface area (Å²) in [7, 11) is 1.75. The summed E-state index contributed by atoms with van der Waals surface area (Å²) in [6, 6.07) is 0. The summed E-state index contributed by atoms with van der Waals surface area (Å²) in [6.07, 6.45) is 3.83. The minimum Gasteiger partial charge on any atom is -0.481 e. The second-order valence-electron chi connectivity index (χ2n) is 5.52. The highest BCUT2D eigenvalue weighted by atomic mass is 16.4. The molecule has 0 atom stereocenters. The minimum atomic E-state index is -0.832. The number of hydrogen-bond donors (Lipinski definition) is 1. The monoisotopic (exact) mass is 267 g/mol. The number of carboxylic acid groups (broad SMARTS) is 1. The zero-order valence-electron chi connectivity index (χ0n) is 11.9. The van der Waals surface area contributed by atoms with E-state index < -0.39 is 5.97 Å². The van der Waals surface area contributed by atoms with Gasteiger partial charge in [-0.1, -0.05) is 0 Å². The van der Waals surface area contributed by atoms with Crippen LogP contribution in [-0.4, -0.2) is 34.2 Å². The topological polar surface area (TPSA) is 75.4 Å². The van der Waals surface area contributed by atoms with Gasteiger partial charge in [-0.3, -0.25) is 9.59 Å². The van der Waals surface area contributed by atoms with Gasteiger partial charge in [-0.25, -0.2) is 4.98 Å². The molecule has 0 unspecified atom stereocenters. The van der Waals surface area contributed by atoms with Crippen molar-refractivity contribution in [2.45, 2.75) is 39.2 Å². The number of aromatic nitrogens is 2. The summed E-state index contributed by atoms with van der Waals surface area (Å²) in [5, 5.41) is 8.60. The van der Waals surface area contributed by atoms with Crippen LogP contribution < -0.4 is 10.5 Å². The van der Waals surface area contributed by atoms with Crippen LogP contribution in [0.3, 0.4) is 0 Å². The first kappa shape index (κ1) is 15.2. The van der Waals surface area contributed by atoms with Crippen molar-refractivity contribution in [2.75, 3.05) is 18.5 Å². The number of rotatable bonds is 5. The lowest BCUT2D eigenvalue weighted by atomic mass is 10.1. The summed E-state index contributed by atoms with van der Waals surface area (Å²) in [6.45, 7) is 6.33. The predicted octanol–water partition coefficient (Wildman–Crippen LogP) is 1.30. The van der Waals surface area contributed by atoms with E-state index in [-0.39, 0.29) is 17.5 Å². The Morgan fingerprint density at radius 2 is 2.11 bits per heavy atom. The van der Waals surface area contributed by atoms with E-state index in [1.807, 2.05) is 20.8 Å². The lowest BCUT2D eigenvalue weighted by Crippen LogP contribution is -2.38. The average molecular weight is 267 g/mol. The number of aliphatic carboxylic acids is 1. The largest absolute Gasteiger partial charge is 0.481 e. The van der Waals surface area contributed by atoms with Crippen molar-refractivity contribution < 1.29 is 9.90 Å². The SMILES string of the molecule is CN(CCCC(=O)O)c1nccn(C(C)(C)C)c1=O. The number of anilines is 1.